The lowest BCUT2D eigenvalue weighted by atomic mass is 9.91. The van der Waals surface area contributed by atoms with Crippen LogP contribution in [0.5, 0.6) is 0 Å². The van der Waals surface area contributed by atoms with E-state index in [0.29, 0.717) is 10.8 Å². The molecule has 1 aliphatic rings. The summed E-state index contributed by atoms with van der Waals surface area (Å²) in [6.07, 6.45) is 1.87. The monoisotopic (exact) mass is 463 g/mol. The molecule has 1 fully saturated rings. The maximum absolute atomic E-state index is 12.8. The molecule has 2 unspecified atom stereocenters. The van der Waals surface area contributed by atoms with E-state index in [4.69, 9.17) is 11.6 Å². The molecule has 2 N–H and O–H groups in total. The number of hydrogen-bond donors (Lipinski definition) is 2. The number of rotatable bonds is 6. The zero-order valence-electron chi connectivity index (χ0n) is 18.8. The Balaban J connectivity index is 1.65. The first-order valence-corrected chi connectivity index (χ1v) is 12.6. The van der Waals surface area contributed by atoms with Crippen LogP contribution < -0.4 is 10.0 Å². The van der Waals surface area contributed by atoms with Crippen LogP contribution in [-0.2, 0) is 20.2 Å². The number of aryl methyl sites for hydroxylation is 1. The van der Waals surface area contributed by atoms with Gasteiger partial charge in [-0.05, 0) is 55.0 Å². The van der Waals surface area contributed by atoms with Crippen molar-refractivity contribution in [3.63, 3.8) is 0 Å². The molecule has 1 aliphatic carbocycles. The van der Waals surface area contributed by atoms with Crippen LogP contribution in [0.4, 0.5) is 5.69 Å². The number of sulfonamides is 1. The van der Waals surface area contributed by atoms with Crippen LogP contribution in [0.2, 0.25) is 5.15 Å². The van der Waals surface area contributed by atoms with Crippen molar-refractivity contribution in [1.82, 2.24) is 10.3 Å². The number of nitrogens with one attached hydrogen (secondary N) is 2. The van der Waals surface area contributed by atoms with E-state index in [-0.39, 0.29) is 29.2 Å². The number of anilines is 1. The summed E-state index contributed by atoms with van der Waals surface area (Å²) >= 11 is 6.43. The van der Waals surface area contributed by atoms with Gasteiger partial charge < -0.3 is 5.32 Å². The Bertz CT molecular complexity index is 1110. The quantitative estimate of drug-likeness (QED) is 0.608. The summed E-state index contributed by atoms with van der Waals surface area (Å²) in [5.41, 5.74) is 4.02. The number of aromatic nitrogens is 1. The number of hydrogen-bond acceptors (Lipinski definition) is 4. The molecule has 0 saturated heterocycles. The molecule has 1 amide bonds. The van der Waals surface area contributed by atoms with Crippen LogP contribution >= 0.6 is 11.6 Å². The Labute approximate surface area is 189 Å². The fourth-order valence-corrected chi connectivity index (χ4v) is 4.56. The lowest BCUT2D eigenvalue weighted by molar-refractivity contribution is -0.123. The zero-order chi connectivity index (χ0) is 23.1. The van der Waals surface area contributed by atoms with E-state index in [2.05, 4.69) is 35.8 Å². The summed E-state index contributed by atoms with van der Waals surface area (Å²) in [5.74, 6) is -0.0387. The smallest absolute Gasteiger partial charge is 0.229 e. The van der Waals surface area contributed by atoms with Crippen molar-refractivity contribution in [3.8, 4) is 0 Å². The first-order chi connectivity index (χ1) is 14.3. The summed E-state index contributed by atoms with van der Waals surface area (Å²) in [5, 5.41) is 3.54. The molecule has 1 aromatic heterocycles. The summed E-state index contributed by atoms with van der Waals surface area (Å²) in [4.78, 5) is 17.3. The number of nitrogens with zero attached hydrogens (tertiary/aromatic N) is 1. The minimum Gasteiger partial charge on any atom is -0.349 e. The number of carbonyl (C=O) groups excluding carboxylic acids is 1. The molecule has 3 rings (SSSR count). The molecule has 1 saturated carbocycles. The van der Waals surface area contributed by atoms with Crippen LogP contribution in [-0.4, -0.2) is 25.6 Å². The van der Waals surface area contributed by atoms with E-state index in [1.54, 1.807) is 6.07 Å². The largest absolute Gasteiger partial charge is 0.349 e. The van der Waals surface area contributed by atoms with Gasteiger partial charge in [0, 0.05) is 17.0 Å². The standard InChI is InChI=1S/C23H30ClN3O3S/c1-13-11-15(7-9-19(13)27-31(6,29)30)14(2)25-22(28)18-12-17(18)16-8-10-20(23(3,4)5)26-21(16)24/h7-11,14,17-18,27H,12H2,1-6H3,(H,25,28)/t14-,17?,18?/m1/s1. The van der Waals surface area contributed by atoms with Crippen LogP contribution in [0.15, 0.2) is 30.3 Å². The summed E-state index contributed by atoms with van der Waals surface area (Å²) in [6, 6.07) is 9.21. The lowest BCUT2D eigenvalue weighted by Crippen LogP contribution is -2.28. The second-order valence-electron chi connectivity index (χ2n) is 9.45. The first-order valence-electron chi connectivity index (χ1n) is 10.3. The van der Waals surface area contributed by atoms with Gasteiger partial charge in [0.25, 0.3) is 0 Å². The van der Waals surface area contributed by atoms with Gasteiger partial charge in [0.15, 0.2) is 0 Å². The molecule has 0 spiro atoms. The normalized spacial score (nSPS) is 19.6. The molecule has 3 atom stereocenters. The molecular formula is C23H30ClN3O3S. The highest BCUT2D eigenvalue weighted by Gasteiger charge is 2.45. The maximum atomic E-state index is 12.8. The third-order valence-corrected chi connectivity index (χ3v) is 6.47. The maximum Gasteiger partial charge on any atom is 0.229 e. The summed E-state index contributed by atoms with van der Waals surface area (Å²) in [6.45, 7) is 10.0. The Morgan fingerprint density at radius 2 is 1.90 bits per heavy atom. The van der Waals surface area contributed by atoms with Gasteiger partial charge in [-0.1, -0.05) is 50.6 Å². The van der Waals surface area contributed by atoms with E-state index in [1.807, 2.05) is 38.1 Å². The molecule has 168 valence electrons. The minimum absolute atomic E-state index is 0.00976. The Hall–Kier alpha value is -2.12. The molecule has 6 nitrogen and oxygen atoms in total. The van der Waals surface area contributed by atoms with Gasteiger partial charge in [0.2, 0.25) is 15.9 Å². The van der Waals surface area contributed by atoms with Crippen molar-refractivity contribution >= 4 is 33.2 Å². The Morgan fingerprint density at radius 1 is 1.23 bits per heavy atom. The fraction of sp³-hybridized carbons (Fsp3) is 0.478. The highest BCUT2D eigenvalue weighted by Crippen LogP contribution is 2.49. The molecule has 1 heterocycles. The van der Waals surface area contributed by atoms with Crippen LogP contribution in [0.25, 0.3) is 0 Å². The molecule has 0 radical (unpaired) electrons. The predicted molar refractivity (Wildman–Crippen MR) is 125 cm³/mol. The Morgan fingerprint density at radius 3 is 2.45 bits per heavy atom. The zero-order valence-corrected chi connectivity index (χ0v) is 20.4. The van der Waals surface area contributed by atoms with E-state index in [9.17, 15) is 13.2 Å². The van der Waals surface area contributed by atoms with Gasteiger partial charge in [-0.2, -0.15) is 0 Å². The second-order valence-corrected chi connectivity index (χ2v) is 11.6. The summed E-state index contributed by atoms with van der Waals surface area (Å²) < 4.78 is 25.4. The van der Waals surface area contributed by atoms with Crippen molar-refractivity contribution in [2.24, 2.45) is 5.92 Å². The molecule has 1 aromatic carbocycles. The average molecular weight is 464 g/mol. The van der Waals surface area contributed by atoms with Crippen molar-refractivity contribution in [2.45, 2.75) is 58.4 Å². The molecule has 31 heavy (non-hydrogen) atoms. The number of pyridine rings is 1. The number of benzene rings is 1. The van der Waals surface area contributed by atoms with Crippen molar-refractivity contribution in [3.05, 3.63) is 57.9 Å². The van der Waals surface area contributed by atoms with Crippen molar-refractivity contribution in [2.75, 3.05) is 11.0 Å². The molecule has 0 bridgehead atoms. The second kappa shape index (κ2) is 8.43. The number of carbonyl (C=O) groups is 1. The van der Waals surface area contributed by atoms with Gasteiger partial charge >= 0.3 is 0 Å². The molecular weight excluding hydrogens is 434 g/mol. The van der Waals surface area contributed by atoms with Crippen LogP contribution in [0.1, 0.15) is 68.5 Å². The van der Waals surface area contributed by atoms with Crippen LogP contribution in [0.3, 0.4) is 0 Å². The minimum atomic E-state index is -3.34. The van der Waals surface area contributed by atoms with E-state index >= 15 is 0 Å². The van der Waals surface area contributed by atoms with E-state index in [0.717, 1.165) is 35.1 Å². The molecule has 2 aromatic rings. The lowest BCUT2D eigenvalue weighted by Gasteiger charge is -2.19. The van der Waals surface area contributed by atoms with E-state index in [1.165, 1.54) is 0 Å². The average Bonchev–Trinajstić information content (AvgIpc) is 3.42. The van der Waals surface area contributed by atoms with Gasteiger partial charge in [-0.25, -0.2) is 13.4 Å². The SMILES string of the molecule is Cc1cc([C@@H](C)NC(=O)C2CC2c2ccc(C(C)(C)C)nc2Cl)ccc1NS(C)(=O)=O. The third-order valence-electron chi connectivity index (χ3n) is 5.58. The first kappa shape index (κ1) is 23.5. The highest BCUT2D eigenvalue weighted by atomic mass is 35.5. The van der Waals surface area contributed by atoms with Gasteiger partial charge in [0.05, 0.1) is 18.0 Å². The van der Waals surface area contributed by atoms with Crippen molar-refractivity contribution < 1.29 is 13.2 Å². The third kappa shape index (κ3) is 5.77. The van der Waals surface area contributed by atoms with Crippen molar-refractivity contribution in [1.29, 1.82) is 0 Å². The van der Waals surface area contributed by atoms with Gasteiger partial charge in [-0.15, -0.1) is 0 Å². The Kier molecular flexibility index (Phi) is 6.40. The molecule has 8 heteroatoms. The predicted octanol–water partition coefficient (Wildman–Crippen LogP) is 4.69. The van der Waals surface area contributed by atoms with E-state index < -0.39 is 10.0 Å². The number of halogens is 1. The topological polar surface area (TPSA) is 88.2 Å². The summed E-state index contributed by atoms with van der Waals surface area (Å²) in [7, 11) is -3.34. The van der Waals surface area contributed by atoms with Crippen LogP contribution in [0, 0.1) is 12.8 Å². The van der Waals surface area contributed by atoms with Gasteiger partial charge in [0.1, 0.15) is 5.15 Å². The fourth-order valence-electron chi connectivity index (χ4n) is 3.64. The highest BCUT2D eigenvalue weighted by molar-refractivity contribution is 7.92. The van der Waals surface area contributed by atoms with Gasteiger partial charge in [-0.3, -0.25) is 9.52 Å². The molecule has 0 aliphatic heterocycles. The number of amides is 1.